The zero-order valence-corrected chi connectivity index (χ0v) is 11.6. The molecular weight excluding hydrogens is 276 g/mol. The maximum absolute atomic E-state index is 11.4. The lowest BCUT2D eigenvalue weighted by atomic mass is 9.97. The van der Waals surface area contributed by atoms with Gasteiger partial charge in [-0.3, -0.25) is 10.1 Å². The summed E-state index contributed by atoms with van der Waals surface area (Å²) in [6, 6.07) is 4.03. The Morgan fingerprint density at radius 1 is 1.43 bits per heavy atom. The molecule has 0 bridgehead atoms. The molecule has 1 fully saturated rings. The fourth-order valence-corrected chi connectivity index (χ4v) is 2.90. The van der Waals surface area contributed by atoms with Crippen molar-refractivity contribution in [3.05, 3.63) is 33.9 Å². The lowest BCUT2D eigenvalue weighted by Crippen LogP contribution is -2.41. The van der Waals surface area contributed by atoms with Crippen LogP contribution in [-0.4, -0.2) is 40.3 Å². The molecule has 7 nitrogen and oxygen atoms in total. The number of nitro groups is 1. The highest BCUT2D eigenvalue weighted by atomic mass is 16.6. The molecule has 0 aromatic heterocycles. The second kappa shape index (κ2) is 6.53. The Kier molecular flexibility index (Phi) is 4.74. The number of hydrogen-bond donors (Lipinski definition) is 2. The van der Waals surface area contributed by atoms with Gasteiger partial charge in [0, 0.05) is 25.3 Å². The zero-order chi connectivity index (χ0) is 15.4. The number of carboxylic acid groups (broad SMARTS) is 1. The minimum Gasteiger partial charge on any atom is -0.478 e. The van der Waals surface area contributed by atoms with Gasteiger partial charge in [0.2, 0.25) is 0 Å². The first-order valence-electron chi connectivity index (χ1n) is 6.94. The number of hydrogen-bond acceptors (Lipinski definition) is 5. The van der Waals surface area contributed by atoms with Crippen molar-refractivity contribution in [1.82, 2.24) is 0 Å². The van der Waals surface area contributed by atoms with E-state index in [1.807, 2.05) is 0 Å². The molecular formula is C14H18N2O5. The van der Waals surface area contributed by atoms with Crippen LogP contribution in [0.4, 0.5) is 11.4 Å². The smallest absolute Gasteiger partial charge is 0.338 e. The highest BCUT2D eigenvalue weighted by Crippen LogP contribution is 2.36. The van der Waals surface area contributed by atoms with Crippen molar-refractivity contribution in [2.24, 2.45) is 0 Å². The van der Waals surface area contributed by atoms with Crippen molar-refractivity contribution in [2.75, 3.05) is 18.1 Å². The molecule has 1 aliphatic rings. The molecule has 21 heavy (non-hydrogen) atoms. The summed E-state index contributed by atoms with van der Waals surface area (Å²) in [5.41, 5.74) is -0.0954. The van der Waals surface area contributed by atoms with Crippen molar-refractivity contribution >= 4 is 17.3 Å². The Labute approximate surface area is 122 Å². The number of benzene rings is 1. The topological polar surface area (TPSA) is 104 Å². The molecule has 0 aliphatic carbocycles. The second-order valence-electron chi connectivity index (χ2n) is 5.09. The first-order valence-corrected chi connectivity index (χ1v) is 6.94. The Morgan fingerprint density at radius 3 is 2.81 bits per heavy atom. The molecule has 0 radical (unpaired) electrons. The van der Waals surface area contributed by atoms with Gasteiger partial charge in [-0.25, -0.2) is 4.79 Å². The molecule has 2 rings (SSSR count). The molecule has 1 unspecified atom stereocenters. The van der Waals surface area contributed by atoms with E-state index in [-0.39, 0.29) is 29.6 Å². The van der Waals surface area contributed by atoms with Crippen LogP contribution in [0.25, 0.3) is 0 Å². The molecule has 1 heterocycles. The highest BCUT2D eigenvalue weighted by molar-refractivity contribution is 5.97. The average Bonchev–Trinajstić information content (AvgIpc) is 2.47. The van der Waals surface area contributed by atoms with Crippen LogP contribution in [0.1, 0.15) is 36.0 Å². The largest absolute Gasteiger partial charge is 0.478 e. The van der Waals surface area contributed by atoms with Gasteiger partial charge in [0.15, 0.2) is 0 Å². The number of aromatic carboxylic acids is 1. The fourth-order valence-electron chi connectivity index (χ4n) is 2.90. The van der Waals surface area contributed by atoms with Gasteiger partial charge < -0.3 is 15.1 Å². The van der Waals surface area contributed by atoms with Gasteiger partial charge in [0.1, 0.15) is 5.69 Å². The van der Waals surface area contributed by atoms with E-state index in [0.717, 1.165) is 19.3 Å². The number of piperidine rings is 1. The van der Waals surface area contributed by atoms with Gasteiger partial charge in [-0.15, -0.1) is 0 Å². The lowest BCUT2D eigenvalue weighted by Gasteiger charge is -2.37. The zero-order valence-electron chi connectivity index (χ0n) is 11.6. The van der Waals surface area contributed by atoms with Crippen LogP contribution in [-0.2, 0) is 0 Å². The minimum absolute atomic E-state index is 0.0236. The monoisotopic (exact) mass is 294 g/mol. The summed E-state index contributed by atoms with van der Waals surface area (Å²) in [5, 5.41) is 29.7. The van der Waals surface area contributed by atoms with E-state index in [1.165, 1.54) is 18.2 Å². The number of carboxylic acids is 1. The summed E-state index contributed by atoms with van der Waals surface area (Å²) in [7, 11) is 0. The van der Waals surface area contributed by atoms with Gasteiger partial charge in [-0.1, -0.05) is 6.07 Å². The molecule has 1 aromatic carbocycles. The fraction of sp³-hybridized carbons (Fsp3) is 0.500. The average molecular weight is 294 g/mol. The van der Waals surface area contributed by atoms with Crippen molar-refractivity contribution in [2.45, 2.75) is 31.7 Å². The molecule has 7 heteroatoms. The Balaban J connectivity index is 2.53. The van der Waals surface area contributed by atoms with E-state index in [4.69, 9.17) is 5.11 Å². The van der Waals surface area contributed by atoms with Gasteiger partial charge in [0.05, 0.1) is 10.5 Å². The Morgan fingerprint density at radius 2 is 2.19 bits per heavy atom. The quantitative estimate of drug-likeness (QED) is 0.636. The van der Waals surface area contributed by atoms with Crippen molar-refractivity contribution in [1.29, 1.82) is 0 Å². The van der Waals surface area contributed by atoms with Gasteiger partial charge in [-0.2, -0.15) is 0 Å². The molecule has 2 N–H and O–H groups in total. The Bertz CT molecular complexity index is 512. The van der Waals surface area contributed by atoms with Crippen LogP contribution < -0.4 is 4.90 Å². The molecule has 1 atom stereocenters. The Hall–Kier alpha value is -2.15. The number of rotatable bonds is 5. The molecule has 1 aromatic rings. The summed E-state index contributed by atoms with van der Waals surface area (Å²) in [6.07, 6.45) is 3.11. The van der Waals surface area contributed by atoms with Crippen LogP contribution in [0, 0.1) is 10.1 Å². The van der Waals surface area contributed by atoms with Gasteiger partial charge >= 0.3 is 5.97 Å². The number of para-hydroxylation sites is 1. The molecule has 114 valence electrons. The third-order valence-electron chi connectivity index (χ3n) is 3.82. The van der Waals surface area contributed by atoms with Crippen LogP contribution in [0.2, 0.25) is 0 Å². The molecule has 0 saturated carbocycles. The van der Waals surface area contributed by atoms with E-state index in [1.54, 1.807) is 4.90 Å². The third-order valence-corrected chi connectivity index (χ3v) is 3.82. The molecule has 0 spiro atoms. The number of nitro benzene ring substituents is 1. The predicted molar refractivity (Wildman–Crippen MR) is 76.7 cm³/mol. The molecule has 0 amide bonds. The maximum atomic E-state index is 11.4. The number of nitrogens with zero attached hydrogens (tertiary/aromatic N) is 2. The predicted octanol–water partition coefficient (Wildman–Crippen LogP) is 2.03. The van der Waals surface area contributed by atoms with E-state index in [0.29, 0.717) is 13.0 Å². The van der Waals surface area contributed by atoms with Gasteiger partial charge in [-0.05, 0) is 31.7 Å². The number of aliphatic hydroxyl groups excluding tert-OH is 1. The summed E-state index contributed by atoms with van der Waals surface area (Å²) in [6.45, 7) is 0.542. The van der Waals surface area contributed by atoms with Crippen molar-refractivity contribution in [3.8, 4) is 0 Å². The number of aliphatic hydroxyl groups is 1. The van der Waals surface area contributed by atoms with E-state index < -0.39 is 10.9 Å². The van der Waals surface area contributed by atoms with Crippen LogP contribution in [0.5, 0.6) is 0 Å². The van der Waals surface area contributed by atoms with Crippen LogP contribution in [0.3, 0.4) is 0 Å². The minimum atomic E-state index is -1.18. The third kappa shape index (κ3) is 3.13. The highest BCUT2D eigenvalue weighted by Gasteiger charge is 2.31. The van der Waals surface area contributed by atoms with Crippen LogP contribution in [0.15, 0.2) is 18.2 Å². The summed E-state index contributed by atoms with van der Waals surface area (Å²) >= 11 is 0. The van der Waals surface area contributed by atoms with Crippen molar-refractivity contribution in [3.63, 3.8) is 0 Å². The normalized spacial score (nSPS) is 18.5. The summed E-state index contributed by atoms with van der Waals surface area (Å²) in [4.78, 5) is 23.9. The SMILES string of the molecule is O=C(O)c1cccc([N+](=O)[O-])c1N1CCCCC1CCO. The van der Waals surface area contributed by atoms with Gasteiger partial charge in [0.25, 0.3) is 5.69 Å². The second-order valence-corrected chi connectivity index (χ2v) is 5.09. The molecule has 1 saturated heterocycles. The molecule has 1 aliphatic heterocycles. The summed E-state index contributed by atoms with van der Waals surface area (Å²) in [5.74, 6) is -1.18. The van der Waals surface area contributed by atoms with Crippen molar-refractivity contribution < 1.29 is 19.9 Å². The number of anilines is 1. The van der Waals surface area contributed by atoms with E-state index in [2.05, 4.69) is 0 Å². The first kappa shape index (κ1) is 15.2. The van der Waals surface area contributed by atoms with E-state index in [9.17, 15) is 20.0 Å². The first-order chi connectivity index (χ1) is 10.1. The lowest BCUT2D eigenvalue weighted by molar-refractivity contribution is -0.384. The summed E-state index contributed by atoms with van der Waals surface area (Å²) < 4.78 is 0. The maximum Gasteiger partial charge on any atom is 0.338 e. The van der Waals surface area contributed by atoms with Crippen LogP contribution >= 0.6 is 0 Å². The van der Waals surface area contributed by atoms with E-state index >= 15 is 0 Å². The number of carbonyl (C=O) groups is 1. The standard InChI is InChI=1S/C14H18N2O5/c17-9-7-10-4-1-2-8-15(10)13-11(14(18)19)5-3-6-12(13)16(20)21/h3,5-6,10,17H,1-2,4,7-9H2,(H,18,19).